The predicted octanol–water partition coefficient (Wildman–Crippen LogP) is 2.77. The third kappa shape index (κ3) is 4.16. The average molecular weight is 332 g/mol. The van der Waals surface area contributed by atoms with Gasteiger partial charge in [0.1, 0.15) is 6.61 Å². The number of carbonyl (C=O) groups excluding carboxylic acids is 1. The van der Waals surface area contributed by atoms with Crippen LogP contribution < -0.4 is 14.8 Å². The summed E-state index contributed by atoms with van der Waals surface area (Å²) < 4.78 is 11.5. The lowest BCUT2D eigenvalue weighted by molar-refractivity contribution is 0.0716. The topological polar surface area (TPSA) is 50.8 Å². The molecule has 5 nitrogen and oxygen atoms in total. The molecule has 2 amide bonds. The Morgan fingerprint density at radius 3 is 2.91 bits per heavy atom. The second-order valence-corrected chi connectivity index (χ2v) is 6.47. The Morgan fingerprint density at radius 1 is 1.30 bits per heavy atom. The number of fused-ring (bicyclic) bond motifs is 1. The van der Waals surface area contributed by atoms with Crippen LogP contribution in [0.1, 0.15) is 4.88 Å². The number of hydrogen-bond donors (Lipinski definition) is 1. The summed E-state index contributed by atoms with van der Waals surface area (Å²) in [5, 5.41) is 4.97. The number of nitrogens with zero attached hydrogens (tertiary/aromatic N) is 1. The van der Waals surface area contributed by atoms with E-state index >= 15 is 0 Å². The average Bonchev–Trinajstić information content (AvgIpc) is 3.08. The second-order valence-electron chi connectivity index (χ2n) is 5.44. The van der Waals surface area contributed by atoms with Crippen molar-refractivity contribution in [1.29, 1.82) is 0 Å². The molecule has 0 saturated heterocycles. The molecule has 0 aliphatic carbocycles. The number of hydrogen-bond acceptors (Lipinski definition) is 4. The van der Waals surface area contributed by atoms with E-state index in [1.165, 1.54) is 4.88 Å². The highest BCUT2D eigenvalue weighted by Gasteiger charge is 2.23. The van der Waals surface area contributed by atoms with Crippen LogP contribution in [0, 0.1) is 0 Å². The molecule has 6 heteroatoms. The van der Waals surface area contributed by atoms with Crippen LogP contribution >= 0.6 is 11.3 Å². The van der Waals surface area contributed by atoms with Gasteiger partial charge in [0.05, 0.1) is 6.54 Å². The van der Waals surface area contributed by atoms with E-state index < -0.39 is 0 Å². The highest BCUT2D eigenvalue weighted by Crippen LogP contribution is 2.30. The van der Waals surface area contributed by atoms with Gasteiger partial charge in [-0.25, -0.2) is 4.79 Å². The van der Waals surface area contributed by atoms with Crippen molar-refractivity contribution >= 4 is 17.4 Å². The molecule has 23 heavy (non-hydrogen) atoms. The van der Waals surface area contributed by atoms with Crippen molar-refractivity contribution in [3.8, 4) is 11.5 Å². The van der Waals surface area contributed by atoms with E-state index in [1.54, 1.807) is 23.3 Å². The van der Waals surface area contributed by atoms with E-state index in [1.807, 2.05) is 35.7 Å². The molecule has 122 valence electrons. The Balaban J connectivity index is 1.43. The smallest absolute Gasteiger partial charge is 0.317 e. The van der Waals surface area contributed by atoms with Gasteiger partial charge in [0.15, 0.2) is 17.6 Å². The maximum absolute atomic E-state index is 12.1. The Kier molecular flexibility index (Phi) is 5.02. The molecule has 3 rings (SSSR count). The highest BCUT2D eigenvalue weighted by atomic mass is 32.1. The SMILES string of the molecule is CN(CC1COc2ccccc2O1)C(=O)NCCc1cccs1. The second kappa shape index (κ2) is 7.37. The molecule has 1 aliphatic heterocycles. The van der Waals surface area contributed by atoms with Crippen molar-refractivity contribution in [3.05, 3.63) is 46.7 Å². The van der Waals surface area contributed by atoms with Crippen molar-refractivity contribution in [2.24, 2.45) is 0 Å². The molecule has 1 aliphatic rings. The molecular formula is C17H20N2O3S. The van der Waals surface area contributed by atoms with Gasteiger partial charge in [-0.05, 0) is 30.0 Å². The van der Waals surface area contributed by atoms with Gasteiger partial charge in [-0.15, -0.1) is 11.3 Å². The lowest BCUT2D eigenvalue weighted by Gasteiger charge is -2.29. The first-order valence-electron chi connectivity index (χ1n) is 7.62. The van der Waals surface area contributed by atoms with Crippen molar-refractivity contribution in [2.75, 3.05) is 26.7 Å². The number of rotatable bonds is 5. The van der Waals surface area contributed by atoms with Crippen LogP contribution in [-0.2, 0) is 6.42 Å². The Bertz CT molecular complexity index is 645. The number of para-hydroxylation sites is 2. The van der Waals surface area contributed by atoms with E-state index in [4.69, 9.17) is 9.47 Å². The number of benzene rings is 1. The fourth-order valence-electron chi connectivity index (χ4n) is 2.42. The number of likely N-dealkylation sites (N-methyl/N-ethyl adjacent to an activating group) is 1. The summed E-state index contributed by atoms with van der Waals surface area (Å²) in [6.45, 7) is 1.57. The number of thiophene rings is 1. The summed E-state index contributed by atoms with van der Waals surface area (Å²) in [4.78, 5) is 15.0. The van der Waals surface area contributed by atoms with Crippen molar-refractivity contribution in [3.63, 3.8) is 0 Å². The van der Waals surface area contributed by atoms with Gasteiger partial charge in [0.2, 0.25) is 0 Å². The molecule has 2 heterocycles. The van der Waals surface area contributed by atoms with E-state index in [2.05, 4.69) is 11.4 Å². The van der Waals surface area contributed by atoms with Gasteiger partial charge >= 0.3 is 6.03 Å². The standard InChI is InChI=1S/C17H20N2O3S/c1-19(17(20)18-9-8-14-5-4-10-23-14)11-13-12-21-15-6-2-3-7-16(15)22-13/h2-7,10,13H,8-9,11-12H2,1H3,(H,18,20). The summed E-state index contributed by atoms with van der Waals surface area (Å²) in [6.07, 6.45) is 0.700. The highest BCUT2D eigenvalue weighted by molar-refractivity contribution is 7.09. The molecule has 1 unspecified atom stereocenters. The van der Waals surface area contributed by atoms with Gasteiger partial charge in [0.25, 0.3) is 0 Å². The quantitative estimate of drug-likeness (QED) is 0.916. The van der Waals surface area contributed by atoms with Gasteiger partial charge < -0.3 is 19.7 Å². The number of urea groups is 1. The van der Waals surface area contributed by atoms with Crippen LogP contribution in [0.4, 0.5) is 4.79 Å². The van der Waals surface area contributed by atoms with Crippen molar-refractivity contribution in [2.45, 2.75) is 12.5 Å². The summed E-state index contributed by atoms with van der Waals surface area (Å²) in [5.41, 5.74) is 0. The number of carbonyl (C=O) groups is 1. The number of nitrogens with one attached hydrogen (secondary N) is 1. The zero-order valence-electron chi connectivity index (χ0n) is 13.0. The molecular weight excluding hydrogens is 312 g/mol. The molecule has 2 aromatic rings. The summed E-state index contributed by atoms with van der Waals surface area (Å²) >= 11 is 1.70. The molecule has 1 aromatic carbocycles. The lowest BCUT2D eigenvalue weighted by Crippen LogP contribution is -2.45. The van der Waals surface area contributed by atoms with E-state index in [0.29, 0.717) is 19.7 Å². The molecule has 0 fully saturated rings. The molecule has 0 spiro atoms. The van der Waals surface area contributed by atoms with E-state index in [-0.39, 0.29) is 12.1 Å². The van der Waals surface area contributed by atoms with Gasteiger partial charge in [-0.1, -0.05) is 18.2 Å². The Morgan fingerprint density at radius 2 is 2.13 bits per heavy atom. The van der Waals surface area contributed by atoms with Crippen LogP contribution in [0.3, 0.4) is 0 Å². The molecule has 0 radical (unpaired) electrons. The largest absolute Gasteiger partial charge is 0.486 e. The fraction of sp³-hybridized carbons (Fsp3) is 0.353. The zero-order chi connectivity index (χ0) is 16.1. The normalized spacial score (nSPS) is 16.0. The summed E-state index contributed by atoms with van der Waals surface area (Å²) in [7, 11) is 1.77. The molecule has 1 N–H and O–H groups in total. The van der Waals surface area contributed by atoms with E-state index in [0.717, 1.165) is 17.9 Å². The first kappa shape index (κ1) is 15.7. The van der Waals surface area contributed by atoms with Crippen LogP contribution in [0.15, 0.2) is 41.8 Å². The summed E-state index contributed by atoms with van der Waals surface area (Å²) in [5.74, 6) is 1.49. The van der Waals surface area contributed by atoms with E-state index in [9.17, 15) is 4.79 Å². The third-order valence-corrected chi connectivity index (χ3v) is 4.56. The van der Waals surface area contributed by atoms with Crippen molar-refractivity contribution in [1.82, 2.24) is 10.2 Å². The first-order valence-corrected chi connectivity index (χ1v) is 8.50. The molecule has 0 saturated carbocycles. The molecule has 1 atom stereocenters. The maximum atomic E-state index is 12.1. The van der Waals surface area contributed by atoms with Crippen LogP contribution in [-0.4, -0.2) is 43.8 Å². The van der Waals surface area contributed by atoms with Crippen LogP contribution in [0.2, 0.25) is 0 Å². The van der Waals surface area contributed by atoms with Gasteiger partial charge in [0, 0.05) is 18.5 Å². The minimum absolute atomic E-state index is 0.0935. The minimum atomic E-state index is -0.155. The molecule has 1 aromatic heterocycles. The maximum Gasteiger partial charge on any atom is 0.317 e. The number of amides is 2. The Labute approximate surface area is 139 Å². The third-order valence-electron chi connectivity index (χ3n) is 3.62. The zero-order valence-corrected chi connectivity index (χ0v) is 13.8. The van der Waals surface area contributed by atoms with Crippen molar-refractivity contribution < 1.29 is 14.3 Å². The van der Waals surface area contributed by atoms with Gasteiger partial charge in [-0.2, -0.15) is 0 Å². The van der Waals surface area contributed by atoms with Crippen LogP contribution in [0.5, 0.6) is 11.5 Å². The monoisotopic (exact) mass is 332 g/mol. The Hall–Kier alpha value is -2.21. The predicted molar refractivity (Wildman–Crippen MR) is 90.4 cm³/mol. The van der Waals surface area contributed by atoms with Gasteiger partial charge in [-0.3, -0.25) is 0 Å². The van der Waals surface area contributed by atoms with Crippen LogP contribution in [0.25, 0.3) is 0 Å². The fourth-order valence-corrected chi connectivity index (χ4v) is 3.13. The lowest BCUT2D eigenvalue weighted by atomic mass is 10.2. The first-order chi connectivity index (χ1) is 11.2. The minimum Gasteiger partial charge on any atom is -0.486 e. The number of ether oxygens (including phenoxy) is 2. The summed E-state index contributed by atoms with van der Waals surface area (Å²) in [6, 6.07) is 11.6. The molecule has 0 bridgehead atoms.